The van der Waals surface area contributed by atoms with E-state index in [2.05, 4.69) is 39.4 Å². The Bertz CT molecular complexity index is 460. The molecule has 2 aliphatic rings. The zero-order valence-corrected chi connectivity index (χ0v) is 12.9. The van der Waals surface area contributed by atoms with E-state index in [1.54, 1.807) is 11.0 Å². The van der Waals surface area contributed by atoms with E-state index < -0.39 is 0 Å². The van der Waals surface area contributed by atoms with E-state index in [0.717, 1.165) is 25.4 Å². The summed E-state index contributed by atoms with van der Waals surface area (Å²) in [5, 5.41) is 11.0. The zero-order chi connectivity index (χ0) is 14.8. The monoisotopic (exact) mass is 292 g/mol. The first kappa shape index (κ1) is 14.4. The first-order valence-electron chi connectivity index (χ1n) is 7.80. The number of aromatic nitrogens is 4. The second kappa shape index (κ2) is 6.09. The fourth-order valence-corrected chi connectivity index (χ4v) is 3.38. The predicted octanol–water partition coefficient (Wildman–Crippen LogP) is 0.252. The van der Waals surface area contributed by atoms with E-state index in [9.17, 15) is 4.79 Å². The summed E-state index contributed by atoms with van der Waals surface area (Å²) in [6.07, 6.45) is 5.65. The van der Waals surface area contributed by atoms with Crippen LogP contribution in [0, 0.1) is 11.8 Å². The van der Waals surface area contributed by atoms with Gasteiger partial charge in [0.25, 0.3) is 0 Å². The van der Waals surface area contributed by atoms with Gasteiger partial charge in [-0.2, -0.15) is 0 Å². The molecule has 116 valence electrons. The van der Waals surface area contributed by atoms with Gasteiger partial charge in [-0.05, 0) is 55.6 Å². The van der Waals surface area contributed by atoms with Crippen molar-refractivity contribution >= 4 is 5.91 Å². The van der Waals surface area contributed by atoms with Gasteiger partial charge in [0, 0.05) is 32.1 Å². The minimum atomic E-state index is 0.276. The van der Waals surface area contributed by atoms with Crippen molar-refractivity contribution in [1.82, 2.24) is 30.0 Å². The van der Waals surface area contributed by atoms with Gasteiger partial charge < -0.3 is 9.80 Å². The van der Waals surface area contributed by atoms with Gasteiger partial charge in [0.2, 0.25) is 5.91 Å². The Morgan fingerprint density at radius 3 is 2.76 bits per heavy atom. The summed E-state index contributed by atoms with van der Waals surface area (Å²) >= 11 is 0. The number of carbonyl (C=O) groups is 1. The summed E-state index contributed by atoms with van der Waals surface area (Å²) in [6.45, 7) is 2.53. The van der Waals surface area contributed by atoms with Crippen LogP contribution in [-0.2, 0) is 11.3 Å². The third-order valence-electron chi connectivity index (χ3n) is 4.75. The van der Waals surface area contributed by atoms with Crippen LogP contribution in [0.1, 0.15) is 25.7 Å². The van der Waals surface area contributed by atoms with E-state index in [0.29, 0.717) is 24.9 Å². The molecule has 0 aromatic carbocycles. The predicted molar refractivity (Wildman–Crippen MR) is 77.3 cm³/mol. The number of hydrogen-bond donors (Lipinski definition) is 0. The molecule has 2 heterocycles. The fourth-order valence-electron chi connectivity index (χ4n) is 3.38. The van der Waals surface area contributed by atoms with Gasteiger partial charge in [-0.1, -0.05) is 0 Å². The van der Waals surface area contributed by atoms with Gasteiger partial charge in [0.15, 0.2) is 0 Å². The minimum absolute atomic E-state index is 0.276. The van der Waals surface area contributed by atoms with Crippen molar-refractivity contribution in [2.45, 2.75) is 38.3 Å². The largest absolute Gasteiger partial charge is 0.341 e. The molecule has 1 aliphatic heterocycles. The minimum Gasteiger partial charge on any atom is -0.341 e. The molecule has 1 saturated heterocycles. The molecule has 3 rings (SSSR count). The van der Waals surface area contributed by atoms with Crippen LogP contribution < -0.4 is 0 Å². The van der Waals surface area contributed by atoms with E-state index in [4.69, 9.17) is 0 Å². The van der Waals surface area contributed by atoms with E-state index in [-0.39, 0.29) is 5.91 Å². The lowest BCUT2D eigenvalue weighted by Crippen LogP contribution is -2.36. The summed E-state index contributed by atoms with van der Waals surface area (Å²) in [5.41, 5.74) is 0. The lowest BCUT2D eigenvalue weighted by Gasteiger charge is -2.24. The lowest BCUT2D eigenvalue weighted by molar-refractivity contribution is -0.130. The molecule has 7 heteroatoms. The topological polar surface area (TPSA) is 67.2 Å². The molecule has 7 nitrogen and oxygen atoms in total. The van der Waals surface area contributed by atoms with Crippen molar-refractivity contribution in [3.63, 3.8) is 0 Å². The van der Waals surface area contributed by atoms with Crippen molar-refractivity contribution in [3.8, 4) is 0 Å². The number of likely N-dealkylation sites (N-methyl/N-ethyl adjacent to an activating group) is 1. The highest BCUT2D eigenvalue weighted by molar-refractivity contribution is 5.76. The van der Waals surface area contributed by atoms with Gasteiger partial charge in [0.1, 0.15) is 6.33 Å². The molecule has 0 bridgehead atoms. The molecule has 21 heavy (non-hydrogen) atoms. The Kier molecular flexibility index (Phi) is 4.19. The van der Waals surface area contributed by atoms with Gasteiger partial charge >= 0.3 is 0 Å². The molecule has 1 aromatic rings. The highest BCUT2D eigenvalue weighted by Gasteiger charge is 2.44. The van der Waals surface area contributed by atoms with Gasteiger partial charge in [-0.15, -0.1) is 5.10 Å². The normalized spacial score (nSPS) is 25.8. The summed E-state index contributed by atoms with van der Waals surface area (Å²) in [5.74, 6) is 1.79. The summed E-state index contributed by atoms with van der Waals surface area (Å²) in [4.78, 5) is 16.7. The number of likely N-dealkylation sites (tertiary alicyclic amines) is 1. The van der Waals surface area contributed by atoms with Crippen LogP contribution in [0.3, 0.4) is 0 Å². The zero-order valence-electron chi connectivity index (χ0n) is 12.9. The van der Waals surface area contributed by atoms with Crippen molar-refractivity contribution in [2.75, 3.05) is 27.2 Å². The second-order valence-electron chi connectivity index (χ2n) is 6.51. The third kappa shape index (κ3) is 3.40. The van der Waals surface area contributed by atoms with Gasteiger partial charge in [-0.25, -0.2) is 4.68 Å². The van der Waals surface area contributed by atoms with E-state index >= 15 is 0 Å². The second-order valence-corrected chi connectivity index (χ2v) is 6.51. The quantitative estimate of drug-likeness (QED) is 0.752. The van der Waals surface area contributed by atoms with Crippen LogP contribution in [0.4, 0.5) is 0 Å². The third-order valence-corrected chi connectivity index (χ3v) is 4.75. The highest BCUT2D eigenvalue weighted by Crippen LogP contribution is 2.42. The van der Waals surface area contributed by atoms with Crippen LogP contribution in [0.15, 0.2) is 6.33 Å². The molecule has 2 atom stereocenters. The maximum absolute atomic E-state index is 12.4. The number of nitrogens with zero attached hydrogens (tertiary/aromatic N) is 6. The average molecular weight is 292 g/mol. The lowest BCUT2D eigenvalue weighted by atomic mass is 9.97. The molecule has 2 fully saturated rings. The Morgan fingerprint density at radius 2 is 2.14 bits per heavy atom. The van der Waals surface area contributed by atoms with Crippen LogP contribution in [0.25, 0.3) is 0 Å². The molecule has 1 aliphatic carbocycles. The van der Waals surface area contributed by atoms with Crippen LogP contribution >= 0.6 is 0 Å². The average Bonchev–Trinajstić information content (AvgIpc) is 3.00. The van der Waals surface area contributed by atoms with E-state index in [1.165, 1.54) is 12.8 Å². The fraction of sp³-hybridized carbons (Fsp3) is 0.857. The smallest absolute Gasteiger partial charge is 0.222 e. The first-order valence-corrected chi connectivity index (χ1v) is 7.80. The molecule has 1 aromatic heterocycles. The number of amides is 1. The SMILES string of the molecule is CN(C)[C@@H]1CN(C(=O)CCCn2cnnn2)C[C@H]1C1CC1. The Labute approximate surface area is 125 Å². The van der Waals surface area contributed by atoms with Gasteiger partial charge in [0.05, 0.1) is 0 Å². The number of aryl methyl sites for hydroxylation is 1. The van der Waals surface area contributed by atoms with Crippen LogP contribution in [0.2, 0.25) is 0 Å². The van der Waals surface area contributed by atoms with Crippen molar-refractivity contribution in [2.24, 2.45) is 11.8 Å². The highest BCUT2D eigenvalue weighted by atomic mass is 16.2. The van der Waals surface area contributed by atoms with Gasteiger partial charge in [-0.3, -0.25) is 4.79 Å². The Morgan fingerprint density at radius 1 is 1.33 bits per heavy atom. The summed E-state index contributed by atoms with van der Waals surface area (Å²) in [6, 6.07) is 0.529. The molecule has 0 radical (unpaired) electrons. The Balaban J connectivity index is 1.48. The maximum Gasteiger partial charge on any atom is 0.222 e. The molecule has 1 saturated carbocycles. The number of hydrogen-bond acceptors (Lipinski definition) is 5. The molecular weight excluding hydrogens is 268 g/mol. The summed E-state index contributed by atoms with van der Waals surface area (Å²) < 4.78 is 1.67. The first-order chi connectivity index (χ1) is 10.1. The number of rotatable bonds is 6. The van der Waals surface area contributed by atoms with Crippen LogP contribution in [0.5, 0.6) is 0 Å². The maximum atomic E-state index is 12.4. The van der Waals surface area contributed by atoms with Crippen molar-refractivity contribution < 1.29 is 4.79 Å². The van der Waals surface area contributed by atoms with Crippen molar-refractivity contribution in [1.29, 1.82) is 0 Å². The molecule has 0 unspecified atom stereocenters. The molecule has 0 N–H and O–H groups in total. The standard InChI is InChI=1S/C14H24N6O/c1-18(2)13-9-19(8-12(13)11-5-6-11)14(21)4-3-7-20-10-15-16-17-20/h10-13H,3-9H2,1-2H3/t12-,13+/m0/s1. The Hall–Kier alpha value is -1.50. The molecule has 0 spiro atoms. The van der Waals surface area contributed by atoms with Crippen molar-refractivity contribution in [3.05, 3.63) is 6.33 Å². The molecular formula is C14H24N6O. The number of tetrazole rings is 1. The molecule has 1 amide bonds. The van der Waals surface area contributed by atoms with Crippen LogP contribution in [-0.4, -0.2) is 69.1 Å². The summed E-state index contributed by atoms with van der Waals surface area (Å²) in [7, 11) is 4.26. The van der Waals surface area contributed by atoms with E-state index in [1.807, 2.05) is 0 Å². The number of carbonyl (C=O) groups excluding carboxylic acids is 1.